The lowest BCUT2D eigenvalue weighted by Crippen LogP contribution is -2.31. The van der Waals surface area contributed by atoms with Crippen LogP contribution in [0.2, 0.25) is 0 Å². The molecule has 2 aromatic rings. The van der Waals surface area contributed by atoms with Crippen molar-refractivity contribution >= 4 is 44.8 Å². The Hall–Kier alpha value is -1.20. The molecule has 3 rings (SSSR count). The number of benzene rings is 1. The summed E-state index contributed by atoms with van der Waals surface area (Å²) in [6, 6.07) is 6.13. The minimum Gasteiger partial charge on any atom is -0.397 e. The second-order valence-electron chi connectivity index (χ2n) is 5.41. The van der Waals surface area contributed by atoms with Gasteiger partial charge in [0.05, 0.1) is 5.69 Å². The quantitative estimate of drug-likeness (QED) is 0.910. The van der Waals surface area contributed by atoms with Crippen LogP contribution in [0.15, 0.2) is 18.2 Å². The molecule has 0 bridgehead atoms. The minimum absolute atomic E-state index is 0.0401. The van der Waals surface area contributed by atoms with Crippen LogP contribution in [0.1, 0.15) is 28.1 Å². The lowest BCUT2D eigenvalue weighted by Gasteiger charge is -2.12. The Bertz CT molecular complexity index is 674. The highest BCUT2D eigenvalue weighted by atomic mass is 32.2. The molecule has 0 saturated heterocycles. The first-order valence-corrected chi connectivity index (χ1v) is 8.71. The zero-order chi connectivity index (χ0) is 14.3. The summed E-state index contributed by atoms with van der Waals surface area (Å²) in [4.78, 5) is 13.0. The molecule has 1 aromatic carbocycles. The van der Waals surface area contributed by atoms with Crippen LogP contribution in [0.25, 0.3) is 10.1 Å². The molecule has 3 N–H and O–H groups in total. The molecule has 0 unspecified atom stereocenters. The molecule has 0 aliphatic heterocycles. The predicted octanol–water partition coefficient (Wildman–Crippen LogP) is 3.42. The van der Waals surface area contributed by atoms with Crippen LogP contribution >= 0.6 is 23.1 Å². The number of hydrogen-bond donors (Lipinski definition) is 2. The molecule has 5 heteroatoms. The Morgan fingerprint density at radius 1 is 1.50 bits per heavy atom. The van der Waals surface area contributed by atoms with Crippen molar-refractivity contribution in [1.29, 1.82) is 0 Å². The number of carbonyl (C=O) groups excluding carboxylic acids is 1. The lowest BCUT2D eigenvalue weighted by molar-refractivity contribution is 0.0958. The Morgan fingerprint density at radius 2 is 2.25 bits per heavy atom. The number of rotatable bonds is 4. The van der Waals surface area contributed by atoms with Crippen molar-refractivity contribution in [3.8, 4) is 0 Å². The van der Waals surface area contributed by atoms with Gasteiger partial charge in [-0.1, -0.05) is 11.6 Å². The van der Waals surface area contributed by atoms with Gasteiger partial charge in [-0.2, -0.15) is 11.8 Å². The van der Waals surface area contributed by atoms with Crippen molar-refractivity contribution in [3.05, 3.63) is 28.6 Å². The Labute approximate surface area is 126 Å². The van der Waals surface area contributed by atoms with Crippen molar-refractivity contribution in [2.75, 3.05) is 18.5 Å². The standard InChI is InChI=1S/C15H18N2OS2/c1-9-3-4-11-10(7-9)12(16)13(20-11)14(18)17-8-15(19-2)5-6-15/h3-4,7H,5-6,8,16H2,1-2H3,(H,17,18). The van der Waals surface area contributed by atoms with Crippen LogP contribution in [0.5, 0.6) is 0 Å². The van der Waals surface area contributed by atoms with Gasteiger partial charge in [0.2, 0.25) is 0 Å². The Morgan fingerprint density at radius 3 is 2.90 bits per heavy atom. The van der Waals surface area contributed by atoms with Crippen LogP contribution in [0.3, 0.4) is 0 Å². The van der Waals surface area contributed by atoms with Gasteiger partial charge in [-0.15, -0.1) is 11.3 Å². The molecule has 1 aromatic heterocycles. The second-order valence-corrected chi connectivity index (χ2v) is 7.74. The monoisotopic (exact) mass is 306 g/mol. The third-order valence-corrected chi connectivity index (χ3v) is 6.50. The number of anilines is 1. The summed E-state index contributed by atoms with van der Waals surface area (Å²) < 4.78 is 1.35. The van der Waals surface area contributed by atoms with E-state index in [1.54, 1.807) is 0 Å². The fraction of sp³-hybridized carbons (Fsp3) is 0.400. The number of thiophene rings is 1. The minimum atomic E-state index is -0.0401. The molecule has 0 atom stereocenters. The number of fused-ring (bicyclic) bond motifs is 1. The van der Waals surface area contributed by atoms with E-state index in [-0.39, 0.29) is 10.7 Å². The fourth-order valence-electron chi connectivity index (χ4n) is 2.31. The number of aryl methyl sites for hydroxylation is 1. The highest BCUT2D eigenvalue weighted by Crippen LogP contribution is 2.46. The summed E-state index contributed by atoms with van der Waals surface area (Å²) in [5.74, 6) is -0.0401. The molecule has 0 radical (unpaired) electrons. The van der Waals surface area contributed by atoms with E-state index in [9.17, 15) is 4.79 Å². The smallest absolute Gasteiger partial charge is 0.263 e. The van der Waals surface area contributed by atoms with E-state index in [1.165, 1.54) is 24.2 Å². The average molecular weight is 306 g/mol. The van der Waals surface area contributed by atoms with Crippen molar-refractivity contribution in [2.24, 2.45) is 0 Å². The normalized spacial score (nSPS) is 16.3. The molecular formula is C15H18N2OS2. The second kappa shape index (κ2) is 4.97. The number of carbonyl (C=O) groups is 1. The van der Waals surface area contributed by atoms with Crippen molar-refractivity contribution in [1.82, 2.24) is 5.32 Å². The van der Waals surface area contributed by atoms with Gasteiger partial charge in [-0.05, 0) is 38.2 Å². The maximum atomic E-state index is 12.3. The van der Waals surface area contributed by atoms with Gasteiger partial charge in [-0.3, -0.25) is 4.79 Å². The van der Waals surface area contributed by atoms with Crippen molar-refractivity contribution in [3.63, 3.8) is 0 Å². The van der Waals surface area contributed by atoms with E-state index in [0.717, 1.165) is 22.2 Å². The predicted molar refractivity (Wildman–Crippen MR) is 88.8 cm³/mol. The van der Waals surface area contributed by atoms with Crippen molar-refractivity contribution < 1.29 is 4.79 Å². The maximum Gasteiger partial charge on any atom is 0.263 e. The summed E-state index contributed by atoms with van der Waals surface area (Å²) in [5, 5.41) is 4.03. The highest BCUT2D eigenvalue weighted by Gasteiger charge is 2.42. The zero-order valence-corrected chi connectivity index (χ0v) is 13.3. The summed E-state index contributed by atoms with van der Waals surface area (Å²) >= 11 is 3.32. The average Bonchev–Trinajstić information content (AvgIpc) is 3.16. The summed E-state index contributed by atoms with van der Waals surface area (Å²) in [6.45, 7) is 2.77. The van der Waals surface area contributed by atoms with Crippen LogP contribution in [0, 0.1) is 6.92 Å². The van der Waals surface area contributed by atoms with Gasteiger partial charge in [0.25, 0.3) is 5.91 Å². The molecule has 1 heterocycles. The van der Waals surface area contributed by atoms with Crippen LogP contribution in [-0.2, 0) is 0 Å². The third kappa shape index (κ3) is 2.40. The molecule has 1 amide bonds. The number of nitrogens with one attached hydrogen (secondary N) is 1. The maximum absolute atomic E-state index is 12.3. The number of hydrogen-bond acceptors (Lipinski definition) is 4. The van der Waals surface area contributed by atoms with Crippen molar-refractivity contribution in [2.45, 2.75) is 24.5 Å². The van der Waals surface area contributed by atoms with E-state index in [2.05, 4.69) is 11.6 Å². The SMILES string of the molecule is CSC1(CNC(=O)c2sc3ccc(C)cc3c2N)CC1. The molecule has 1 fully saturated rings. The molecular weight excluding hydrogens is 288 g/mol. The molecule has 0 spiro atoms. The molecule has 1 aliphatic carbocycles. The van der Waals surface area contributed by atoms with E-state index in [4.69, 9.17) is 5.73 Å². The molecule has 1 saturated carbocycles. The summed E-state index contributed by atoms with van der Waals surface area (Å²) in [7, 11) is 0. The van der Waals surface area contributed by atoms with Gasteiger partial charge in [0.1, 0.15) is 4.88 Å². The van der Waals surface area contributed by atoms with Gasteiger partial charge in [0, 0.05) is 21.4 Å². The molecule has 3 nitrogen and oxygen atoms in total. The topological polar surface area (TPSA) is 55.1 Å². The summed E-state index contributed by atoms with van der Waals surface area (Å²) in [5.41, 5.74) is 7.91. The van der Waals surface area contributed by atoms with Crippen LogP contribution in [-0.4, -0.2) is 23.5 Å². The number of amides is 1. The van der Waals surface area contributed by atoms with E-state index < -0.39 is 0 Å². The van der Waals surface area contributed by atoms with Crippen LogP contribution < -0.4 is 11.1 Å². The highest BCUT2D eigenvalue weighted by molar-refractivity contribution is 8.00. The summed E-state index contributed by atoms with van der Waals surface area (Å²) in [6.07, 6.45) is 4.49. The molecule has 106 valence electrons. The first-order chi connectivity index (χ1) is 9.54. The molecule has 1 aliphatic rings. The first-order valence-electron chi connectivity index (χ1n) is 6.67. The molecule has 20 heavy (non-hydrogen) atoms. The van der Waals surface area contributed by atoms with E-state index >= 15 is 0 Å². The van der Waals surface area contributed by atoms with Crippen LogP contribution in [0.4, 0.5) is 5.69 Å². The number of nitrogen functional groups attached to an aromatic ring is 1. The van der Waals surface area contributed by atoms with E-state index in [0.29, 0.717) is 10.6 Å². The third-order valence-electron chi connectivity index (χ3n) is 3.90. The Balaban J connectivity index is 1.82. The Kier molecular flexibility index (Phi) is 3.42. The number of nitrogens with two attached hydrogens (primary N) is 1. The van der Waals surface area contributed by atoms with Gasteiger partial charge >= 0.3 is 0 Å². The lowest BCUT2D eigenvalue weighted by atomic mass is 10.1. The van der Waals surface area contributed by atoms with E-state index in [1.807, 2.05) is 36.9 Å². The number of thioether (sulfide) groups is 1. The zero-order valence-electron chi connectivity index (χ0n) is 11.7. The van der Waals surface area contributed by atoms with Gasteiger partial charge < -0.3 is 11.1 Å². The first kappa shape index (κ1) is 13.8. The largest absolute Gasteiger partial charge is 0.397 e. The van der Waals surface area contributed by atoms with Gasteiger partial charge in [-0.25, -0.2) is 0 Å². The fourth-order valence-corrected chi connectivity index (χ4v) is 4.06. The van der Waals surface area contributed by atoms with Gasteiger partial charge in [0.15, 0.2) is 0 Å².